The molecule has 56 valence electrons. The minimum absolute atomic E-state index is 0.0557. The second kappa shape index (κ2) is 5.97. The summed E-state index contributed by atoms with van der Waals surface area (Å²) in [5.41, 5.74) is 0. The lowest BCUT2D eigenvalue weighted by atomic mass is 10.6. The highest BCUT2D eigenvalue weighted by Gasteiger charge is 2.02. The number of hydrogen-bond acceptors (Lipinski definition) is 4. The Balaban J connectivity index is 3.09. The SMILES string of the molecule is COC(CO)OCCO. The van der Waals surface area contributed by atoms with Gasteiger partial charge in [0.15, 0.2) is 6.29 Å². The second-order valence-electron chi connectivity index (χ2n) is 1.44. The molecule has 0 bridgehead atoms. The van der Waals surface area contributed by atoms with E-state index in [0.717, 1.165) is 0 Å². The summed E-state index contributed by atoms with van der Waals surface area (Å²) in [6.45, 7) is -0.0462. The molecule has 0 saturated heterocycles. The van der Waals surface area contributed by atoms with Gasteiger partial charge in [0.25, 0.3) is 0 Å². The number of rotatable bonds is 5. The average Bonchev–Trinajstić information content (AvgIpc) is 1.91. The van der Waals surface area contributed by atoms with Crippen LogP contribution >= 0.6 is 0 Å². The van der Waals surface area contributed by atoms with Gasteiger partial charge in [-0.05, 0) is 0 Å². The van der Waals surface area contributed by atoms with Crippen LogP contribution in [0.25, 0.3) is 0 Å². The van der Waals surface area contributed by atoms with Crippen LogP contribution < -0.4 is 0 Å². The van der Waals surface area contributed by atoms with Crippen LogP contribution in [0.15, 0.2) is 0 Å². The van der Waals surface area contributed by atoms with E-state index >= 15 is 0 Å². The summed E-state index contributed by atoms with van der Waals surface area (Å²) in [5, 5.41) is 16.7. The Labute approximate surface area is 54.0 Å². The molecule has 0 aliphatic heterocycles. The standard InChI is InChI=1S/C5H12O4/c1-8-5(4-7)9-3-2-6/h5-7H,2-4H2,1H3. The van der Waals surface area contributed by atoms with Gasteiger partial charge in [-0.25, -0.2) is 0 Å². The summed E-state index contributed by atoms with van der Waals surface area (Å²) in [5.74, 6) is 0. The molecule has 0 saturated carbocycles. The fourth-order valence-electron chi connectivity index (χ4n) is 0.379. The third-order valence-corrected chi connectivity index (χ3v) is 0.807. The molecule has 0 radical (unpaired) electrons. The Bertz CT molecular complexity index is 52.9. The fraction of sp³-hybridized carbons (Fsp3) is 1.00. The van der Waals surface area contributed by atoms with E-state index in [-0.39, 0.29) is 19.8 Å². The zero-order valence-corrected chi connectivity index (χ0v) is 5.41. The molecule has 0 amide bonds. The lowest BCUT2D eigenvalue weighted by molar-refractivity contribution is -0.150. The molecule has 2 N–H and O–H groups in total. The molecular formula is C5H12O4. The molecule has 0 aliphatic carbocycles. The summed E-state index contributed by atoms with van der Waals surface area (Å²) in [7, 11) is 1.43. The normalized spacial score (nSPS) is 13.7. The van der Waals surface area contributed by atoms with Crippen molar-refractivity contribution >= 4 is 0 Å². The van der Waals surface area contributed by atoms with Crippen LogP contribution in [0, 0.1) is 0 Å². The number of ether oxygens (including phenoxy) is 2. The van der Waals surface area contributed by atoms with Crippen molar-refractivity contribution in [2.75, 3.05) is 26.9 Å². The third kappa shape index (κ3) is 4.35. The average molecular weight is 136 g/mol. The zero-order valence-electron chi connectivity index (χ0n) is 5.41. The first-order valence-electron chi connectivity index (χ1n) is 2.71. The van der Waals surface area contributed by atoms with Crippen molar-refractivity contribution in [2.45, 2.75) is 6.29 Å². The lowest BCUT2D eigenvalue weighted by Crippen LogP contribution is -2.21. The van der Waals surface area contributed by atoms with Gasteiger partial charge in [0.2, 0.25) is 0 Å². The maximum Gasteiger partial charge on any atom is 0.180 e. The van der Waals surface area contributed by atoms with Crippen LogP contribution in [0.5, 0.6) is 0 Å². The maximum atomic E-state index is 8.42. The molecule has 0 aromatic heterocycles. The molecule has 0 rings (SSSR count). The summed E-state index contributed by atoms with van der Waals surface area (Å²) >= 11 is 0. The number of hydrogen-bond donors (Lipinski definition) is 2. The van der Waals surface area contributed by atoms with Crippen LogP contribution in [0.3, 0.4) is 0 Å². The lowest BCUT2D eigenvalue weighted by Gasteiger charge is -2.11. The van der Waals surface area contributed by atoms with Crippen LogP contribution in [-0.4, -0.2) is 43.4 Å². The van der Waals surface area contributed by atoms with E-state index in [1.165, 1.54) is 7.11 Å². The second-order valence-corrected chi connectivity index (χ2v) is 1.44. The highest BCUT2D eigenvalue weighted by molar-refractivity contribution is 4.36. The molecule has 0 aliphatic rings. The van der Waals surface area contributed by atoms with Crippen LogP contribution in [-0.2, 0) is 9.47 Å². The highest BCUT2D eigenvalue weighted by Crippen LogP contribution is 1.88. The topological polar surface area (TPSA) is 58.9 Å². The minimum Gasteiger partial charge on any atom is -0.394 e. The fourth-order valence-corrected chi connectivity index (χ4v) is 0.379. The molecule has 9 heavy (non-hydrogen) atoms. The summed E-state index contributed by atoms with van der Waals surface area (Å²) in [6, 6.07) is 0. The third-order valence-electron chi connectivity index (χ3n) is 0.807. The predicted molar refractivity (Wildman–Crippen MR) is 30.9 cm³/mol. The Hall–Kier alpha value is -0.160. The van der Waals surface area contributed by atoms with E-state index in [1.807, 2.05) is 0 Å². The van der Waals surface area contributed by atoms with Crippen molar-refractivity contribution in [2.24, 2.45) is 0 Å². The van der Waals surface area contributed by atoms with E-state index in [9.17, 15) is 0 Å². The van der Waals surface area contributed by atoms with E-state index < -0.39 is 6.29 Å². The van der Waals surface area contributed by atoms with Crippen molar-refractivity contribution in [3.63, 3.8) is 0 Å². The van der Waals surface area contributed by atoms with Crippen LogP contribution in [0.4, 0.5) is 0 Å². The first-order chi connectivity index (χ1) is 4.35. The Morgan fingerprint density at radius 3 is 2.44 bits per heavy atom. The molecule has 4 nitrogen and oxygen atoms in total. The number of aliphatic hydroxyl groups excluding tert-OH is 2. The number of aliphatic hydroxyl groups is 2. The summed E-state index contributed by atoms with van der Waals surface area (Å²) in [4.78, 5) is 0. The minimum atomic E-state index is -0.600. The van der Waals surface area contributed by atoms with Crippen molar-refractivity contribution in [1.82, 2.24) is 0 Å². The van der Waals surface area contributed by atoms with Crippen molar-refractivity contribution in [3.8, 4) is 0 Å². The van der Waals surface area contributed by atoms with Gasteiger partial charge in [-0.3, -0.25) is 0 Å². The first kappa shape index (κ1) is 8.84. The largest absolute Gasteiger partial charge is 0.394 e. The van der Waals surface area contributed by atoms with Gasteiger partial charge in [0.1, 0.15) is 0 Å². The van der Waals surface area contributed by atoms with E-state index in [1.54, 1.807) is 0 Å². The molecular weight excluding hydrogens is 124 g/mol. The monoisotopic (exact) mass is 136 g/mol. The zero-order chi connectivity index (χ0) is 7.11. The molecule has 0 aromatic carbocycles. The van der Waals surface area contributed by atoms with Gasteiger partial charge >= 0.3 is 0 Å². The Kier molecular flexibility index (Phi) is 5.86. The Morgan fingerprint density at radius 1 is 1.44 bits per heavy atom. The van der Waals surface area contributed by atoms with Gasteiger partial charge in [-0.1, -0.05) is 0 Å². The van der Waals surface area contributed by atoms with Crippen molar-refractivity contribution < 1.29 is 19.7 Å². The first-order valence-corrected chi connectivity index (χ1v) is 2.71. The maximum absolute atomic E-state index is 8.42. The van der Waals surface area contributed by atoms with Gasteiger partial charge in [-0.2, -0.15) is 0 Å². The van der Waals surface area contributed by atoms with E-state index in [0.29, 0.717) is 0 Å². The quantitative estimate of drug-likeness (QED) is 0.474. The van der Waals surface area contributed by atoms with Crippen LogP contribution in [0.1, 0.15) is 0 Å². The molecule has 4 heteroatoms. The summed E-state index contributed by atoms with van der Waals surface area (Å²) < 4.78 is 9.39. The Morgan fingerprint density at radius 2 is 2.11 bits per heavy atom. The summed E-state index contributed by atoms with van der Waals surface area (Å²) in [6.07, 6.45) is -0.600. The predicted octanol–water partition coefficient (Wildman–Crippen LogP) is -1.04. The molecule has 0 fully saturated rings. The smallest absolute Gasteiger partial charge is 0.180 e. The molecule has 1 atom stereocenters. The van der Waals surface area contributed by atoms with Gasteiger partial charge in [0.05, 0.1) is 19.8 Å². The highest BCUT2D eigenvalue weighted by atomic mass is 16.7. The molecule has 0 aromatic rings. The molecule has 1 unspecified atom stereocenters. The van der Waals surface area contributed by atoms with E-state index in [2.05, 4.69) is 4.74 Å². The number of methoxy groups -OCH3 is 1. The van der Waals surface area contributed by atoms with Gasteiger partial charge < -0.3 is 19.7 Å². The molecule has 0 spiro atoms. The molecule has 0 heterocycles. The van der Waals surface area contributed by atoms with Gasteiger partial charge in [-0.15, -0.1) is 0 Å². The van der Waals surface area contributed by atoms with E-state index in [4.69, 9.17) is 14.9 Å². The van der Waals surface area contributed by atoms with Crippen molar-refractivity contribution in [1.29, 1.82) is 0 Å². The van der Waals surface area contributed by atoms with Crippen LogP contribution in [0.2, 0.25) is 0 Å². The van der Waals surface area contributed by atoms with Crippen molar-refractivity contribution in [3.05, 3.63) is 0 Å². The van der Waals surface area contributed by atoms with Gasteiger partial charge in [0, 0.05) is 7.11 Å².